The summed E-state index contributed by atoms with van der Waals surface area (Å²) >= 11 is 4.95. The molecule has 0 aliphatic heterocycles. The quantitative estimate of drug-likeness (QED) is 0.405. The van der Waals surface area contributed by atoms with Crippen LogP contribution in [-0.4, -0.2) is 40.6 Å². The van der Waals surface area contributed by atoms with Crippen molar-refractivity contribution in [2.75, 3.05) is 12.4 Å². The number of thiocarbonyl (C=S) groups is 1. The van der Waals surface area contributed by atoms with E-state index < -0.39 is 34.2 Å². The van der Waals surface area contributed by atoms with Crippen molar-refractivity contribution >= 4 is 40.4 Å². The summed E-state index contributed by atoms with van der Waals surface area (Å²) in [6, 6.07) is 10.7. The van der Waals surface area contributed by atoms with E-state index in [0.29, 0.717) is 5.56 Å². The third-order valence-electron chi connectivity index (χ3n) is 4.85. The highest BCUT2D eigenvalue weighted by atomic mass is 32.1. The molecular formula is C22H19F2N3O4S. The SMILES string of the molecule is COC1(O)C=CC(c2ccccc2NC(=O)c2ccccc2F)=CC1(F)C(=S)NC(N)=O. The van der Waals surface area contributed by atoms with Crippen molar-refractivity contribution in [2.45, 2.75) is 11.5 Å². The van der Waals surface area contributed by atoms with Crippen LogP contribution in [0.3, 0.4) is 0 Å². The molecule has 1 aliphatic carbocycles. The molecule has 0 heterocycles. The van der Waals surface area contributed by atoms with Crippen molar-refractivity contribution in [3.63, 3.8) is 0 Å². The average Bonchev–Trinajstić information content (AvgIpc) is 2.76. The van der Waals surface area contributed by atoms with E-state index in [1.165, 1.54) is 24.3 Å². The molecule has 3 rings (SSSR count). The number of nitrogens with one attached hydrogen (secondary N) is 2. The first-order chi connectivity index (χ1) is 15.1. The second-order valence-electron chi connectivity index (χ2n) is 6.84. The van der Waals surface area contributed by atoms with Crippen LogP contribution in [0.1, 0.15) is 15.9 Å². The largest absolute Gasteiger partial charge is 0.359 e. The summed E-state index contributed by atoms with van der Waals surface area (Å²) in [7, 11) is 1.06. The summed E-state index contributed by atoms with van der Waals surface area (Å²) in [5.41, 5.74) is 2.78. The maximum absolute atomic E-state index is 16.0. The number of benzene rings is 2. The molecule has 2 aromatic carbocycles. The van der Waals surface area contributed by atoms with E-state index in [9.17, 15) is 19.1 Å². The summed E-state index contributed by atoms with van der Waals surface area (Å²) < 4.78 is 34.9. The Morgan fingerprint density at radius 3 is 2.47 bits per heavy atom. The van der Waals surface area contributed by atoms with E-state index in [1.807, 2.05) is 5.32 Å². The summed E-state index contributed by atoms with van der Waals surface area (Å²) in [5, 5.41) is 15.2. The number of anilines is 1. The van der Waals surface area contributed by atoms with Gasteiger partial charge in [0, 0.05) is 18.4 Å². The van der Waals surface area contributed by atoms with Crippen LogP contribution in [0.4, 0.5) is 19.3 Å². The van der Waals surface area contributed by atoms with Crippen LogP contribution in [0.15, 0.2) is 66.8 Å². The first-order valence-corrected chi connectivity index (χ1v) is 9.67. The van der Waals surface area contributed by atoms with Crippen molar-refractivity contribution in [3.8, 4) is 0 Å². The fourth-order valence-corrected chi connectivity index (χ4v) is 3.49. The summed E-state index contributed by atoms with van der Waals surface area (Å²) in [5.74, 6) is -3.93. The number of nitrogens with two attached hydrogens (primary N) is 1. The topological polar surface area (TPSA) is 114 Å². The van der Waals surface area contributed by atoms with Gasteiger partial charge in [0.2, 0.25) is 11.5 Å². The van der Waals surface area contributed by atoms with Crippen LogP contribution in [-0.2, 0) is 4.74 Å². The Bertz CT molecular complexity index is 1150. The number of amides is 3. The van der Waals surface area contributed by atoms with E-state index in [4.69, 9.17) is 22.7 Å². The van der Waals surface area contributed by atoms with Gasteiger partial charge in [0.05, 0.1) is 5.56 Å². The number of carbonyl (C=O) groups excluding carboxylic acids is 2. The zero-order chi connectivity index (χ0) is 23.5. The van der Waals surface area contributed by atoms with E-state index in [2.05, 4.69) is 5.32 Å². The lowest BCUT2D eigenvalue weighted by atomic mass is 9.84. The minimum absolute atomic E-state index is 0.170. The summed E-state index contributed by atoms with van der Waals surface area (Å²) in [4.78, 5) is 23.1. The molecule has 10 heteroatoms. The molecule has 0 saturated carbocycles. The van der Waals surface area contributed by atoms with Gasteiger partial charge in [0.15, 0.2) is 0 Å². The number of aliphatic hydroxyl groups is 1. The van der Waals surface area contributed by atoms with E-state index >= 15 is 4.39 Å². The molecule has 0 spiro atoms. The zero-order valence-corrected chi connectivity index (χ0v) is 17.6. The minimum Gasteiger partial charge on any atom is -0.359 e. The van der Waals surface area contributed by atoms with Crippen LogP contribution in [0.5, 0.6) is 0 Å². The number of para-hydroxylation sites is 1. The first kappa shape index (κ1) is 23.2. The number of urea groups is 1. The van der Waals surface area contributed by atoms with Crippen LogP contribution in [0, 0.1) is 5.82 Å². The molecular weight excluding hydrogens is 440 g/mol. The Balaban J connectivity index is 2.03. The number of rotatable bonds is 5. The third-order valence-corrected chi connectivity index (χ3v) is 5.25. The van der Waals surface area contributed by atoms with Crippen LogP contribution < -0.4 is 16.4 Å². The van der Waals surface area contributed by atoms with Crippen molar-refractivity contribution in [2.24, 2.45) is 5.73 Å². The van der Waals surface area contributed by atoms with Gasteiger partial charge in [-0.3, -0.25) is 10.1 Å². The van der Waals surface area contributed by atoms with Crippen molar-refractivity contribution in [1.82, 2.24) is 5.32 Å². The van der Waals surface area contributed by atoms with Gasteiger partial charge in [0.1, 0.15) is 10.8 Å². The number of primary amides is 1. The molecule has 0 aromatic heterocycles. The standard InChI is InChI=1S/C22H19F2N3O4S/c1-31-22(30)11-10-13(12-21(22,24)19(32)27-20(25)29)14-6-3-5-9-17(14)26-18(28)15-7-2-4-8-16(15)23/h2-12,30H,1H3,(H,26,28)(H3,25,27,29,32). The van der Waals surface area contributed by atoms with Crippen molar-refractivity contribution in [3.05, 3.63) is 83.7 Å². The van der Waals surface area contributed by atoms with Gasteiger partial charge in [-0.1, -0.05) is 48.6 Å². The van der Waals surface area contributed by atoms with E-state index in [-0.39, 0.29) is 16.8 Å². The second-order valence-corrected chi connectivity index (χ2v) is 7.25. The fraction of sp³-hybridized carbons (Fsp3) is 0.136. The highest BCUT2D eigenvalue weighted by Crippen LogP contribution is 2.40. The third kappa shape index (κ3) is 4.28. The highest BCUT2D eigenvalue weighted by Gasteiger charge is 2.55. The summed E-state index contributed by atoms with van der Waals surface area (Å²) in [6.07, 6.45) is 3.33. The molecule has 166 valence electrons. The number of alkyl halides is 1. The van der Waals surface area contributed by atoms with Gasteiger partial charge >= 0.3 is 6.03 Å². The molecule has 0 radical (unpaired) electrons. The lowest BCUT2D eigenvalue weighted by Crippen LogP contribution is -2.60. The van der Waals surface area contributed by atoms with Gasteiger partial charge < -0.3 is 20.9 Å². The predicted octanol–water partition coefficient (Wildman–Crippen LogP) is 3.07. The average molecular weight is 459 g/mol. The molecule has 32 heavy (non-hydrogen) atoms. The Kier molecular flexibility index (Phi) is 6.49. The lowest BCUT2D eigenvalue weighted by Gasteiger charge is -2.39. The molecule has 3 amide bonds. The monoisotopic (exact) mass is 459 g/mol. The number of halogens is 2. The number of hydrogen-bond acceptors (Lipinski definition) is 5. The molecule has 0 fully saturated rings. The van der Waals surface area contributed by atoms with Crippen molar-refractivity contribution < 1.29 is 28.2 Å². The highest BCUT2D eigenvalue weighted by molar-refractivity contribution is 7.80. The Morgan fingerprint density at radius 2 is 1.81 bits per heavy atom. The number of allylic oxidation sites excluding steroid dienone is 2. The molecule has 7 nitrogen and oxygen atoms in total. The van der Waals surface area contributed by atoms with Gasteiger partial charge in [-0.05, 0) is 35.9 Å². The van der Waals surface area contributed by atoms with Crippen LogP contribution in [0.2, 0.25) is 0 Å². The van der Waals surface area contributed by atoms with E-state index in [1.54, 1.807) is 24.3 Å². The van der Waals surface area contributed by atoms with Crippen LogP contribution >= 0.6 is 12.2 Å². The molecule has 2 atom stereocenters. The number of hydrogen-bond donors (Lipinski definition) is 4. The van der Waals surface area contributed by atoms with Gasteiger partial charge in [-0.2, -0.15) is 0 Å². The van der Waals surface area contributed by atoms with Gasteiger partial charge in [-0.25, -0.2) is 13.6 Å². The van der Waals surface area contributed by atoms with Crippen LogP contribution in [0.25, 0.3) is 5.57 Å². The maximum Gasteiger partial charge on any atom is 0.317 e. The number of carbonyl (C=O) groups is 2. The molecule has 0 saturated heterocycles. The predicted molar refractivity (Wildman–Crippen MR) is 119 cm³/mol. The lowest BCUT2D eigenvalue weighted by molar-refractivity contribution is -0.195. The Labute approximate surface area is 187 Å². The molecule has 0 bridgehead atoms. The fourth-order valence-electron chi connectivity index (χ4n) is 3.18. The molecule has 5 N–H and O–H groups in total. The van der Waals surface area contributed by atoms with Gasteiger partial charge in [0.25, 0.3) is 5.91 Å². The first-order valence-electron chi connectivity index (χ1n) is 9.26. The number of methoxy groups -OCH3 is 1. The molecule has 1 aliphatic rings. The smallest absolute Gasteiger partial charge is 0.317 e. The number of ether oxygens (including phenoxy) is 1. The van der Waals surface area contributed by atoms with Gasteiger partial charge in [-0.15, -0.1) is 0 Å². The Morgan fingerprint density at radius 1 is 1.16 bits per heavy atom. The zero-order valence-electron chi connectivity index (χ0n) is 16.8. The minimum atomic E-state index is -2.88. The molecule has 2 aromatic rings. The summed E-state index contributed by atoms with van der Waals surface area (Å²) in [6.45, 7) is 0. The van der Waals surface area contributed by atoms with E-state index in [0.717, 1.165) is 25.3 Å². The normalized spacial score (nSPS) is 22.1. The molecule has 2 unspecified atom stereocenters. The maximum atomic E-state index is 16.0. The second kappa shape index (κ2) is 8.95. The Hall–Kier alpha value is -3.47. The van der Waals surface area contributed by atoms with Crippen molar-refractivity contribution in [1.29, 1.82) is 0 Å².